The van der Waals surface area contributed by atoms with Crippen molar-refractivity contribution in [1.82, 2.24) is 0 Å². The Labute approximate surface area is 113 Å². The van der Waals surface area contributed by atoms with E-state index in [4.69, 9.17) is 9.68 Å². The highest BCUT2D eigenvalue weighted by atomic mass is 19.1. The molecule has 0 bridgehead atoms. The van der Waals surface area contributed by atoms with Crippen molar-refractivity contribution in [2.45, 2.75) is 13.8 Å². The lowest BCUT2D eigenvalue weighted by molar-refractivity contribution is 0.102. The van der Waals surface area contributed by atoms with Gasteiger partial charge in [0.2, 0.25) is 5.88 Å². The van der Waals surface area contributed by atoms with Gasteiger partial charge in [-0.25, -0.2) is 8.78 Å². The molecule has 4 nitrogen and oxygen atoms in total. The number of benzene rings is 1. The number of aryl methyl sites for hydroxylation is 1. The fourth-order valence-corrected chi connectivity index (χ4v) is 1.69. The fourth-order valence-electron chi connectivity index (χ4n) is 1.69. The van der Waals surface area contributed by atoms with Crippen LogP contribution in [0.3, 0.4) is 0 Å². The van der Waals surface area contributed by atoms with Gasteiger partial charge in [-0.3, -0.25) is 10.1 Å². The number of nitrogens with one attached hydrogen (secondary N) is 1. The van der Waals surface area contributed by atoms with Crippen LogP contribution in [-0.2, 0) is 0 Å². The molecule has 1 aromatic carbocycles. The Morgan fingerprint density at radius 2 is 2.05 bits per heavy atom. The number of amides is 1. The van der Waals surface area contributed by atoms with Gasteiger partial charge < -0.3 is 4.42 Å². The first-order valence-corrected chi connectivity index (χ1v) is 5.70. The molecule has 102 valence electrons. The van der Waals surface area contributed by atoms with Crippen LogP contribution in [0.15, 0.2) is 22.6 Å². The smallest absolute Gasteiger partial charge is 0.260 e. The van der Waals surface area contributed by atoms with Crippen LogP contribution in [0.1, 0.15) is 27.2 Å². The van der Waals surface area contributed by atoms with Crippen molar-refractivity contribution in [2.75, 3.05) is 5.32 Å². The van der Waals surface area contributed by atoms with Crippen molar-refractivity contribution in [3.63, 3.8) is 0 Å². The first-order valence-electron chi connectivity index (χ1n) is 5.70. The van der Waals surface area contributed by atoms with Gasteiger partial charge in [-0.15, -0.1) is 0 Å². The Balaban J connectivity index is 2.33. The summed E-state index contributed by atoms with van der Waals surface area (Å²) in [6.45, 7) is 3.32. The predicted molar refractivity (Wildman–Crippen MR) is 67.2 cm³/mol. The third-order valence-electron chi connectivity index (χ3n) is 2.90. The molecule has 0 fully saturated rings. The van der Waals surface area contributed by atoms with Crippen molar-refractivity contribution in [3.8, 4) is 6.07 Å². The molecule has 1 heterocycles. The summed E-state index contributed by atoms with van der Waals surface area (Å²) in [5.41, 5.74) is 0.447. The largest absolute Gasteiger partial charge is 0.444 e. The number of carbonyl (C=O) groups excluding carboxylic acids is 1. The third-order valence-corrected chi connectivity index (χ3v) is 2.90. The third kappa shape index (κ3) is 2.38. The summed E-state index contributed by atoms with van der Waals surface area (Å²) in [6, 6.07) is 4.51. The van der Waals surface area contributed by atoms with Gasteiger partial charge in [-0.2, -0.15) is 5.26 Å². The molecular weight excluding hydrogens is 266 g/mol. The topological polar surface area (TPSA) is 66.0 Å². The van der Waals surface area contributed by atoms with Crippen LogP contribution in [-0.4, -0.2) is 5.91 Å². The average Bonchev–Trinajstić information content (AvgIpc) is 2.64. The first kappa shape index (κ1) is 13.7. The monoisotopic (exact) mass is 276 g/mol. The lowest BCUT2D eigenvalue weighted by Gasteiger charge is -2.04. The van der Waals surface area contributed by atoms with E-state index in [2.05, 4.69) is 5.32 Å². The van der Waals surface area contributed by atoms with Crippen molar-refractivity contribution < 1.29 is 18.0 Å². The molecule has 1 amide bonds. The summed E-state index contributed by atoms with van der Waals surface area (Å²) in [5, 5.41) is 11.3. The number of hydrogen-bond donors (Lipinski definition) is 1. The molecule has 2 aromatic rings. The molecule has 0 aliphatic rings. The van der Waals surface area contributed by atoms with Crippen LogP contribution in [0.5, 0.6) is 0 Å². The minimum absolute atomic E-state index is 0.0452. The first-order chi connectivity index (χ1) is 9.43. The summed E-state index contributed by atoms with van der Waals surface area (Å²) in [7, 11) is 0. The number of carbonyl (C=O) groups is 1. The Morgan fingerprint density at radius 3 is 2.65 bits per heavy atom. The highest BCUT2D eigenvalue weighted by molar-refractivity contribution is 6.04. The lowest BCUT2D eigenvalue weighted by atomic mass is 10.1. The van der Waals surface area contributed by atoms with Crippen LogP contribution in [0.2, 0.25) is 0 Å². The zero-order chi connectivity index (χ0) is 14.9. The summed E-state index contributed by atoms with van der Waals surface area (Å²) in [6.07, 6.45) is 0. The molecule has 0 saturated carbocycles. The van der Waals surface area contributed by atoms with Crippen LogP contribution in [0.25, 0.3) is 0 Å². The fraction of sp³-hybridized carbons (Fsp3) is 0.143. The van der Waals surface area contributed by atoms with E-state index in [9.17, 15) is 13.6 Å². The number of nitrogens with zero attached hydrogens (tertiary/aromatic N) is 1. The number of rotatable bonds is 2. The molecule has 0 radical (unpaired) electrons. The average molecular weight is 276 g/mol. The number of halogens is 2. The Kier molecular flexibility index (Phi) is 3.53. The highest BCUT2D eigenvalue weighted by Crippen LogP contribution is 2.26. The van der Waals surface area contributed by atoms with Crippen LogP contribution in [0.4, 0.5) is 14.7 Å². The molecule has 0 unspecified atom stereocenters. The molecular formula is C14H10F2N2O2. The van der Waals surface area contributed by atoms with Crippen molar-refractivity contribution in [3.05, 3.63) is 52.3 Å². The van der Waals surface area contributed by atoms with Gasteiger partial charge in [0, 0.05) is 11.6 Å². The second-order valence-electron chi connectivity index (χ2n) is 4.18. The van der Waals surface area contributed by atoms with Gasteiger partial charge in [0.1, 0.15) is 29.0 Å². The number of hydrogen-bond acceptors (Lipinski definition) is 3. The van der Waals surface area contributed by atoms with Crippen LogP contribution >= 0.6 is 0 Å². The molecule has 0 aliphatic heterocycles. The minimum atomic E-state index is -0.985. The molecule has 20 heavy (non-hydrogen) atoms. The van der Waals surface area contributed by atoms with E-state index in [-0.39, 0.29) is 17.0 Å². The quantitative estimate of drug-likeness (QED) is 0.915. The predicted octanol–water partition coefficient (Wildman–Crippen LogP) is 3.30. The van der Waals surface area contributed by atoms with Gasteiger partial charge in [0.05, 0.1) is 5.56 Å². The second-order valence-corrected chi connectivity index (χ2v) is 4.18. The van der Waals surface area contributed by atoms with Crippen molar-refractivity contribution in [2.24, 2.45) is 0 Å². The Bertz CT molecular complexity index is 730. The normalized spacial score (nSPS) is 10.2. The van der Waals surface area contributed by atoms with E-state index in [0.29, 0.717) is 17.4 Å². The zero-order valence-electron chi connectivity index (χ0n) is 10.8. The number of anilines is 1. The molecule has 1 aromatic heterocycles. The molecule has 0 atom stereocenters. The molecule has 0 aliphatic carbocycles. The van der Waals surface area contributed by atoms with Gasteiger partial charge in [-0.1, -0.05) is 0 Å². The van der Waals surface area contributed by atoms with E-state index in [1.807, 2.05) is 6.07 Å². The summed E-state index contributed by atoms with van der Waals surface area (Å²) in [4.78, 5) is 11.9. The molecule has 6 heteroatoms. The summed E-state index contributed by atoms with van der Waals surface area (Å²) < 4.78 is 31.5. The van der Waals surface area contributed by atoms with E-state index in [0.717, 1.165) is 12.1 Å². The van der Waals surface area contributed by atoms with Crippen molar-refractivity contribution in [1.29, 1.82) is 5.26 Å². The Hall–Kier alpha value is -2.68. The molecule has 0 spiro atoms. The van der Waals surface area contributed by atoms with Gasteiger partial charge in [-0.05, 0) is 26.0 Å². The second kappa shape index (κ2) is 5.13. The molecule has 2 rings (SSSR count). The van der Waals surface area contributed by atoms with Crippen LogP contribution in [0, 0.1) is 36.8 Å². The molecule has 1 N–H and O–H groups in total. The Morgan fingerprint density at radius 1 is 1.35 bits per heavy atom. The lowest BCUT2D eigenvalue weighted by Crippen LogP contribution is -2.14. The summed E-state index contributed by atoms with van der Waals surface area (Å²) >= 11 is 0. The van der Waals surface area contributed by atoms with Gasteiger partial charge in [0.25, 0.3) is 5.91 Å². The maximum Gasteiger partial charge on any atom is 0.260 e. The maximum absolute atomic E-state index is 13.5. The van der Waals surface area contributed by atoms with E-state index in [1.165, 1.54) is 0 Å². The minimum Gasteiger partial charge on any atom is -0.444 e. The number of furan rings is 1. The van der Waals surface area contributed by atoms with Crippen LogP contribution < -0.4 is 5.32 Å². The zero-order valence-corrected chi connectivity index (χ0v) is 10.8. The van der Waals surface area contributed by atoms with E-state index >= 15 is 0 Å². The maximum atomic E-state index is 13.5. The summed E-state index contributed by atoms with van der Waals surface area (Å²) in [5.74, 6) is -2.14. The van der Waals surface area contributed by atoms with Gasteiger partial charge in [0.15, 0.2) is 0 Å². The van der Waals surface area contributed by atoms with E-state index < -0.39 is 17.5 Å². The number of nitriles is 1. The molecule has 0 saturated heterocycles. The standard InChI is InChI=1S/C14H10F2N2O2/c1-7-8(2)20-14(11(7)6-17)18-13(19)10-4-3-9(15)5-12(10)16/h3-5H,1-2H3,(H,18,19). The SMILES string of the molecule is Cc1oc(NC(=O)c2ccc(F)cc2F)c(C#N)c1C. The van der Waals surface area contributed by atoms with Gasteiger partial charge >= 0.3 is 0 Å². The van der Waals surface area contributed by atoms with Crippen molar-refractivity contribution >= 4 is 11.8 Å². The van der Waals surface area contributed by atoms with E-state index in [1.54, 1.807) is 13.8 Å². The highest BCUT2D eigenvalue weighted by Gasteiger charge is 2.19.